The predicted octanol–water partition coefficient (Wildman–Crippen LogP) is 4.04. The molecule has 1 aliphatic carbocycles. The Kier molecular flexibility index (Phi) is 4.26. The van der Waals surface area contributed by atoms with Gasteiger partial charge in [-0.25, -0.2) is 4.39 Å². The number of halogens is 1. The summed E-state index contributed by atoms with van der Waals surface area (Å²) < 4.78 is 12.9. The molecule has 1 amide bonds. The number of nitrogens with one attached hydrogen (secondary N) is 2. The number of rotatable bonds is 4. The Hall–Kier alpha value is -2.62. The van der Waals surface area contributed by atoms with Crippen molar-refractivity contribution in [1.82, 2.24) is 10.3 Å². The Morgan fingerprint density at radius 3 is 2.64 bits per heavy atom. The first-order valence-electron chi connectivity index (χ1n) is 8.82. The van der Waals surface area contributed by atoms with Crippen LogP contribution in [0.2, 0.25) is 0 Å². The van der Waals surface area contributed by atoms with Gasteiger partial charge in [0.15, 0.2) is 0 Å². The molecule has 0 radical (unpaired) electrons. The Labute approximate surface area is 146 Å². The summed E-state index contributed by atoms with van der Waals surface area (Å²) in [7, 11) is 0. The molecule has 0 aliphatic heterocycles. The van der Waals surface area contributed by atoms with E-state index in [1.165, 1.54) is 47.1 Å². The molecule has 3 nitrogen and oxygen atoms in total. The maximum absolute atomic E-state index is 12.9. The summed E-state index contributed by atoms with van der Waals surface area (Å²) in [5.41, 5.74) is 5.93. The fourth-order valence-corrected chi connectivity index (χ4v) is 3.61. The number of carbonyl (C=O) groups excluding carboxylic acids is 1. The van der Waals surface area contributed by atoms with Crippen LogP contribution in [0.25, 0.3) is 10.9 Å². The second-order valence-electron chi connectivity index (χ2n) is 6.75. The van der Waals surface area contributed by atoms with Crippen molar-refractivity contribution in [3.8, 4) is 0 Å². The predicted molar refractivity (Wildman–Crippen MR) is 96.9 cm³/mol. The second kappa shape index (κ2) is 6.71. The van der Waals surface area contributed by atoms with E-state index < -0.39 is 0 Å². The smallest absolute Gasteiger partial charge is 0.224 e. The molecule has 3 aromatic rings. The van der Waals surface area contributed by atoms with Gasteiger partial charge in [-0.15, -0.1) is 0 Å². The molecule has 25 heavy (non-hydrogen) atoms. The highest BCUT2D eigenvalue weighted by molar-refractivity contribution is 5.86. The van der Waals surface area contributed by atoms with E-state index in [9.17, 15) is 9.18 Å². The third kappa shape index (κ3) is 3.43. The molecule has 0 fully saturated rings. The first-order chi connectivity index (χ1) is 12.2. The molecule has 0 atom stereocenters. The van der Waals surface area contributed by atoms with Crippen molar-refractivity contribution in [3.05, 3.63) is 70.7 Å². The van der Waals surface area contributed by atoms with Gasteiger partial charge in [-0.1, -0.05) is 18.2 Å². The van der Waals surface area contributed by atoms with Gasteiger partial charge in [-0.2, -0.15) is 0 Å². The molecule has 0 saturated carbocycles. The lowest BCUT2D eigenvalue weighted by Crippen LogP contribution is -2.24. The quantitative estimate of drug-likeness (QED) is 0.742. The molecule has 1 aromatic heterocycles. The number of benzene rings is 2. The molecule has 1 heterocycles. The van der Waals surface area contributed by atoms with Gasteiger partial charge in [0.05, 0.1) is 6.42 Å². The SMILES string of the molecule is O=C(Cc1ccc(F)cc1)NCc1ccc2[nH]c3c(c2c1)CCCC3. The van der Waals surface area contributed by atoms with E-state index in [1.807, 2.05) is 0 Å². The monoisotopic (exact) mass is 336 g/mol. The summed E-state index contributed by atoms with van der Waals surface area (Å²) in [5, 5.41) is 4.25. The maximum atomic E-state index is 12.9. The van der Waals surface area contributed by atoms with Crippen LogP contribution in [0, 0.1) is 5.82 Å². The summed E-state index contributed by atoms with van der Waals surface area (Å²) in [6.45, 7) is 0.510. The lowest BCUT2D eigenvalue weighted by molar-refractivity contribution is -0.120. The van der Waals surface area contributed by atoms with Crippen LogP contribution < -0.4 is 5.32 Å². The summed E-state index contributed by atoms with van der Waals surface area (Å²) in [4.78, 5) is 15.6. The van der Waals surface area contributed by atoms with Crippen LogP contribution >= 0.6 is 0 Å². The third-order valence-electron chi connectivity index (χ3n) is 4.93. The van der Waals surface area contributed by atoms with Gasteiger partial charge in [0.1, 0.15) is 5.82 Å². The number of aryl methyl sites for hydroxylation is 2. The second-order valence-corrected chi connectivity index (χ2v) is 6.75. The minimum atomic E-state index is -0.285. The van der Waals surface area contributed by atoms with Gasteiger partial charge in [-0.05, 0) is 66.6 Å². The zero-order valence-electron chi connectivity index (χ0n) is 14.1. The van der Waals surface area contributed by atoms with E-state index >= 15 is 0 Å². The summed E-state index contributed by atoms with van der Waals surface area (Å²) >= 11 is 0. The van der Waals surface area contributed by atoms with Crippen LogP contribution in [0.4, 0.5) is 4.39 Å². The van der Waals surface area contributed by atoms with Crippen LogP contribution in [-0.2, 0) is 30.6 Å². The van der Waals surface area contributed by atoms with Crippen molar-refractivity contribution in [2.45, 2.75) is 38.6 Å². The molecule has 0 spiro atoms. The number of H-pyrrole nitrogens is 1. The van der Waals surface area contributed by atoms with E-state index in [0.717, 1.165) is 24.0 Å². The third-order valence-corrected chi connectivity index (χ3v) is 4.93. The van der Waals surface area contributed by atoms with Gasteiger partial charge < -0.3 is 10.3 Å². The van der Waals surface area contributed by atoms with Crippen molar-refractivity contribution in [3.63, 3.8) is 0 Å². The topological polar surface area (TPSA) is 44.9 Å². The Bertz CT molecular complexity index is 912. The Morgan fingerprint density at radius 2 is 1.80 bits per heavy atom. The highest BCUT2D eigenvalue weighted by Crippen LogP contribution is 2.29. The van der Waals surface area contributed by atoms with Crippen LogP contribution in [0.5, 0.6) is 0 Å². The minimum absolute atomic E-state index is 0.0530. The number of fused-ring (bicyclic) bond motifs is 3. The fourth-order valence-electron chi connectivity index (χ4n) is 3.61. The lowest BCUT2D eigenvalue weighted by Gasteiger charge is -2.11. The van der Waals surface area contributed by atoms with Gasteiger partial charge in [0.25, 0.3) is 0 Å². The first-order valence-corrected chi connectivity index (χ1v) is 8.82. The molecule has 0 unspecified atom stereocenters. The molecule has 2 N–H and O–H groups in total. The molecule has 0 bridgehead atoms. The normalized spacial score (nSPS) is 13.6. The van der Waals surface area contributed by atoms with E-state index in [1.54, 1.807) is 12.1 Å². The average molecular weight is 336 g/mol. The number of carbonyl (C=O) groups is 1. The molecule has 1 aliphatic rings. The standard InChI is InChI=1S/C21H21FN2O/c22-16-8-5-14(6-9-16)12-21(25)23-13-15-7-10-20-18(11-15)17-3-1-2-4-19(17)24-20/h5-11,24H,1-4,12-13H2,(H,23,25). The highest BCUT2D eigenvalue weighted by Gasteiger charge is 2.15. The van der Waals surface area contributed by atoms with Crippen molar-refractivity contribution in [2.75, 3.05) is 0 Å². The highest BCUT2D eigenvalue weighted by atomic mass is 19.1. The summed E-state index contributed by atoms with van der Waals surface area (Å²) in [5.74, 6) is -0.338. The molecule has 4 rings (SSSR count). The largest absolute Gasteiger partial charge is 0.358 e. The number of aromatic amines is 1. The number of amides is 1. The van der Waals surface area contributed by atoms with Crippen molar-refractivity contribution in [2.24, 2.45) is 0 Å². The molecular formula is C21H21FN2O. The van der Waals surface area contributed by atoms with E-state index in [0.29, 0.717) is 6.54 Å². The van der Waals surface area contributed by atoms with E-state index in [4.69, 9.17) is 0 Å². The van der Waals surface area contributed by atoms with Gasteiger partial charge in [0, 0.05) is 23.1 Å². The zero-order valence-corrected chi connectivity index (χ0v) is 14.1. The lowest BCUT2D eigenvalue weighted by atomic mass is 9.95. The minimum Gasteiger partial charge on any atom is -0.358 e. The molecule has 128 valence electrons. The molecular weight excluding hydrogens is 315 g/mol. The first kappa shape index (κ1) is 15.9. The fraction of sp³-hybridized carbons (Fsp3) is 0.286. The zero-order chi connectivity index (χ0) is 17.2. The van der Waals surface area contributed by atoms with Crippen molar-refractivity contribution >= 4 is 16.8 Å². The van der Waals surface area contributed by atoms with E-state index in [2.05, 4.69) is 28.5 Å². The van der Waals surface area contributed by atoms with Crippen LogP contribution in [-0.4, -0.2) is 10.9 Å². The molecule has 2 aromatic carbocycles. The van der Waals surface area contributed by atoms with Gasteiger partial charge >= 0.3 is 0 Å². The Morgan fingerprint density at radius 1 is 1.04 bits per heavy atom. The van der Waals surface area contributed by atoms with Crippen LogP contribution in [0.15, 0.2) is 42.5 Å². The molecule has 0 saturated heterocycles. The number of aromatic nitrogens is 1. The average Bonchev–Trinajstić information content (AvgIpc) is 3.00. The van der Waals surface area contributed by atoms with Crippen molar-refractivity contribution in [1.29, 1.82) is 0 Å². The Balaban J connectivity index is 1.43. The van der Waals surface area contributed by atoms with Crippen LogP contribution in [0.3, 0.4) is 0 Å². The van der Waals surface area contributed by atoms with Crippen LogP contribution in [0.1, 0.15) is 35.2 Å². The van der Waals surface area contributed by atoms with Gasteiger partial charge in [-0.3, -0.25) is 4.79 Å². The van der Waals surface area contributed by atoms with E-state index in [-0.39, 0.29) is 18.1 Å². The number of hydrogen-bond donors (Lipinski definition) is 2. The van der Waals surface area contributed by atoms with Gasteiger partial charge in [0.2, 0.25) is 5.91 Å². The van der Waals surface area contributed by atoms with Crippen molar-refractivity contribution < 1.29 is 9.18 Å². The maximum Gasteiger partial charge on any atom is 0.224 e. The number of hydrogen-bond acceptors (Lipinski definition) is 1. The summed E-state index contributed by atoms with van der Waals surface area (Å²) in [6, 6.07) is 12.4. The molecule has 4 heteroatoms. The summed E-state index contributed by atoms with van der Waals surface area (Å²) in [6.07, 6.45) is 5.04.